The molecular weight excluding hydrogens is 774 g/mol. The molecule has 9 heteroatoms. The summed E-state index contributed by atoms with van der Waals surface area (Å²) in [6, 6.07) is 17.7. The van der Waals surface area contributed by atoms with Crippen molar-refractivity contribution in [2.24, 2.45) is 0 Å². The van der Waals surface area contributed by atoms with E-state index in [1.165, 1.54) is 0 Å². The summed E-state index contributed by atoms with van der Waals surface area (Å²) >= 11 is 21.7. The molecule has 0 aliphatic carbocycles. The zero-order chi connectivity index (χ0) is 21.4. The fourth-order valence-electron chi connectivity index (χ4n) is 2.77. The molecule has 0 spiro atoms. The Balaban J connectivity index is 2.03. The zero-order valence-corrected chi connectivity index (χ0v) is 24.3. The summed E-state index contributed by atoms with van der Waals surface area (Å²) in [7, 11) is 0. The van der Waals surface area contributed by atoms with Gasteiger partial charge in [-0.3, -0.25) is 0 Å². The Bertz CT molecular complexity index is 1110. The van der Waals surface area contributed by atoms with Gasteiger partial charge < -0.3 is 0 Å². The normalized spacial score (nSPS) is 11.0. The molecule has 0 N–H and O–H groups in total. The van der Waals surface area contributed by atoms with E-state index in [1.54, 1.807) is 0 Å². The Morgan fingerprint density at radius 3 is 0.933 bits per heavy atom. The average molecular weight is 783 g/mol. The molecule has 0 aliphatic rings. The fourth-order valence-corrected chi connectivity index (χ4v) is 5.19. The molecule has 30 heavy (non-hydrogen) atoms. The number of aromatic nitrogens is 3. The third-order valence-corrected chi connectivity index (χ3v) is 10.4. The Labute approximate surface area is 223 Å². The number of benzene rings is 3. The second-order valence-corrected chi connectivity index (χ2v) is 11.1. The number of nitrogens with zero attached hydrogens (tertiary/aromatic N) is 3. The van der Waals surface area contributed by atoms with Gasteiger partial charge in [0.25, 0.3) is 0 Å². The topological polar surface area (TPSA) is 38.7 Å². The molecule has 4 aromatic rings. The van der Waals surface area contributed by atoms with E-state index >= 15 is 0 Å². The van der Waals surface area contributed by atoms with Crippen LogP contribution in [-0.4, -0.2) is 15.0 Å². The first kappa shape index (κ1) is 22.7. The minimum absolute atomic E-state index is 0.571. The molecule has 0 bridgehead atoms. The van der Waals surface area contributed by atoms with Gasteiger partial charge in [0, 0.05) is 43.5 Å². The van der Waals surface area contributed by atoms with Gasteiger partial charge in [-0.1, -0.05) is 18.2 Å². The third-order valence-electron chi connectivity index (χ3n) is 4.21. The molecule has 4 rings (SSSR count). The van der Waals surface area contributed by atoms with Crippen LogP contribution in [0.25, 0.3) is 34.2 Å². The lowest BCUT2D eigenvalue weighted by molar-refractivity contribution is 1.07. The second kappa shape index (κ2) is 9.58. The summed E-state index contributed by atoms with van der Waals surface area (Å²) in [4.78, 5) is 14.4. The SMILES string of the molecule is Brc1cccc(-c2nc(-c3cccc(Br)c3Br)nc(-c3cccc(Br)c3Br)n2)c1Br. The molecule has 0 fully saturated rings. The number of rotatable bonds is 3. The number of hydrogen-bond acceptors (Lipinski definition) is 3. The first-order valence-electron chi connectivity index (χ1n) is 8.46. The van der Waals surface area contributed by atoms with E-state index in [4.69, 9.17) is 15.0 Å². The Kier molecular flexibility index (Phi) is 7.26. The van der Waals surface area contributed by atoms with Crippen molar-refractivity contribution in [2.75, 3.05) is 0 Å². The van der Waals surface area contributed by atoms with Crippen molar-refractivity contribution in [3.05, 3.63) is 81.4 Å². The van der Waals surface area contributed by atoms with Crippen molar-refractivity contribution >= 4 is 95.6 Å². The van der Waals surface area contributed by atoms with Crippen LogP contribution in [0.5, 0.6) is 0 Å². The Morgan fingerprint density at radius 2 is 0.667 bits per heavy atom. The van der Waals surface area contributed by atoms with Crippen molar-refractivity contribution in [3.8, 4) is 34.2 Å². The quantitative estimate of drug-likeness (QED) is 0.208. The molecule has 0 saturated heterocycles. The van der Waals surface area contributed by atoms with Gasteiger partial charge >= 0.3 is 0 Å². The van der Waals surface area contributed by atoms with Gasteiger partial charge in [0.15, 0.2) is 17.5 Å². The van der Waals surface area contributed by atoms with Gasteiger partial charge in [0.05, 0.1) is 0 Å². The molecule has 0 saturated carbocycles. The molecule has 0 radical (unpaired) electrons. The van der Waals surface area contributed by atoms with E-state index in [-0.39, 0.29) is 0 Å². The standard InChI is InChI=1S/C21H9Br6N3/c22-13-7-1-4-10(16(13)25)19-28-20(11-5-2-8-14(23)17(11)26)30-21(29-19)12-6-3-9-15(24)18(12)27/h1-9H. The summed E-state index contributed by atoms with van der Waals surface area (Å²) in [5.41, 5.74) is 2.60. The van der Waals surface area contributed by atoms with Crippen molar-refractivity contribution in [3.63, 3.8) is 0 Å². The predicted octanol–water partition coefficient (Wildman–Crippen LogP) is 9.45. The molecule has 3 nitrogen and oxygen atoms in total. The zero-order valence-electron chi connectivity index (χ0n) is 14.8. The summed E-state index contributed by atoms with van der Waals surface area (Å²) < 4.78 is 5.43. The van der Waals surface area contributed by atoms with Gasteiger partial charge in [-0.2, -0.15) is 0 Å². The first-order valence-corrected chi connectivity index (χ1v) is 13.2. The van der Waals surface area contributed by atoms with Crippen LogP contribution < -0.4 is 0 Å². The van der Waals surface area contributed by atoms with Gasteiger partial charge in [-0.05, 0) is 132 Å². The molecule has 3 aromatic carbocycles. The molecule has 0 atom stereocenters. The van der Waals surface area contributed by atoms with E-state index in [9.17, 15) is 0 Å². The lowest BCUT2D eigenvalue weighted by Crippen LogP contribution is -2.01. The third kappa shape index (κ3) is 4.52. The van der Waals surface area contributed by atoms with E-state index in [2.05, 4.69) is 95.6 Å². The summed E-state index contributed by atoms with van der Waals surface area (Å²) in [5.74, 6) is 1.71. The van der Waals surface area contributed by atoms with Gasteiger partial charge in [0.2, 0.25) is 0 Å². The van der Waals surface area contributed by atoms with Gasteiger partial charge in [0.1, 0.15) is 0 Å². The Morgan fingerprint density at radius 1 is 0.400 bits per heavy atom. The molecule has 0 amide bonds. The van der Waals surface area contributed by atoms with E-state index in [0.717, 1.165) is 43.5 Å². The summed E-state index contributed by atoms with van der Waals surface area (Å²) in [6.45, 7) is 0. The average Bonchev–Trinajstić information content (AvgIpc) is 2.73. The van der Waals surface area contributed by atoms with Crippen molar-refractivity contribution < 1.29 is 0 Å². The van der Waals surface area contributed by atoms with Crippen LogP contribution in [-0.2, 0) is 0 Å². The molecule has 1 aromatic heterocycles. The number of hydrogen-bond donors (Lipinski definition) is 0. The largest absolute Gasteiger partial charge is 0.208 e. The number of halogens is 6. The highest BCUT2D eigenvalue weighted by Crippen LogP contribution is 2.38. The van der Waals surface area contributed by atoms with Crippen LogP contribution in [0, 0.1) is 0 Å². The van der Waals surface area contributed by atoms with E-state index in [0.29, 0.717) is 17.5 Å². The van der Waals surface area contributed by atoms with Crippen molar-refractivity contribution in [2.45, 2.75) is 0 Å². The monoisotopic (exact) mass is 777 g/mol. The smallest absolute Gasteiger partial charge is 0.165 e. The minimum Gasteiger partial charge on any atom is -0.208 e. The molecule has 0 aliphatic heterocycles. The maximum atomic E-state index is 4.80. The minimum atomic E-state index is 0.571. The predicted molar refractivity (Wildman–Crippen MR) is 142 cm³/mol. The summed E-state index contributed by atoms with van der Waals surface area (Å²) in [5, 5.41) is 0. The maximum Gasteiger partial charge on any atom is 0.165 e. The fraction of sp³-hybridized carbons (Fsp3) is 0. The van der Waals surface area contributed by atoms with Crippen molar-refractivity contribution in [1.82, 2.24) is 15.0 Å². The van der Waals surface area contributed by atoms with Crippen LogP contribution in [0.2, 0.25) is 0 Å². The maximum absolute atomic E-state index is 4.80. The van der Waals surface area contributed by atoms with Crippen LogP contribution in [0.1, 0.15) is 0 Å². The molecule has 150 valence electrons. The van der Waals surface area contributed by atoms with E-state index in [1.807, 2.05) is 54.6 Å². The van der Waals surface area contributed by atoms with Crippen LogP contribution >= 0.6 is 95.6 Å². The lowest BCUT2D eigenvalue weighted by atomic mass is 10.1. The van der Waals surface area contributed by atoms with Gasteiger partial charge in [-0.15, -0.1) is 0 Å². The van der Waals surface area contributed by atoms with Crippen LogP contribution in [0.4, 0.5) is 0 Å². The lowest BCUT2D eigenvalue weighted by Gasteiger charge is -2.12. The first-order chi connectivity index (χ1) is 14.4. The van der Waals surface area contributed by atoms with Crippen molar-refractivity contribution in [1.29, 1.82) is 0 Å². The highest BCUT2D eigenvalue weighted by molar-refractivity contribution is 9.13. The summed E-state index contributed by atoms with van der Waals surface area (Å²) in [6.07, 6.45) is 0. The highest BCUT2D eigenvalue weighted by atomic mass is 79.9. The van der Waals surface area contributed by atoms with Crippen LogP contribution in [0.3, 0.4) is 0 Å². The highest BCUT2D eigenvalue weighted by Gasteiger charge is 2.18. The molecule has 1 heterocycles. The van der Waals surface area contributed by atoms with Gasteiger partial charge in [-0.25, -0.2) is 15.0 Å². The molecular formula is C21H9Br6N3. The second-order valence-electron chi connectivity index (χ2n) is 6.11. The Hall–Kier alpha value is -0.450. The molecule has 0 unspecified atom stereocenters. The van der Waals surface area contributed by atoms with Crippen LogP contribution in [0.15, 0.2) is 81.4 Å². The van der Waals surface area contributed by atoms with E-state index < -0.39 is 0 Å².